The molecule has 0 aliphatic heterocycles. The Morgan fingerprint density at radius 3 is 1.59 bits per heavy atom. The predicted octanol–water partition coefficient (Wildman–Crippen LogP) is 15.4. The molecule has 0 atom stereocenters. The minimum absolute atomic E-state index is 0.455. The Balaban J connectivity index is 1.08. The van der Waals surface area contributed by atoms with Crippen molar-refractivity contribution in [1.29, 1.82) is 0 Å². The van der Waals surface area contributed by atoms with Gasteiger partial charge in [0, 0.05) is 22.1 Å². The Morgan fingerprint density at radius 2 is 0.881 bits per heavy atom. The second-order valence-corrected chi connectivity index (χ2v) is 15.9. The molecule has 2 nitrogen and oxygen atoms in total. The first kappa shape index (κ1) is 32.4. The molecule has 2 heteroatoms. The molecule has 0 bridgehead atoms. The lowest BCUT2D eigenvalue weighted by Gasteiger charge is -2.32. The van der Waals surface area contributed by atoms with Gasteiger partial charge in [-0.1, -0.05) is 176 Å². The first-order valence-electron chi connectivity index (χ1n) is 20.4. The van der Waals surface area contributed by atoms with Crippen molar-refractivity contribution in [3.8, 4) is 33.4 Å². The van der Waals surface area contributed by atoms with Crippen LogP contribution in [0.15, 0.2) is 217 Å². The van der Waals surface area contributed by atoms with Crippen LogP contribution in [0.3, 0.4) is 0 Å². The maximum absolute atomic E-state index is 6.94. The van der Waals surface area contributed by atoms with Gasteiger partial charge in [0.15, 0.2) is 5.58 Å². The summed E-state index contributed by atoms with van der Waals surface area (Å²) in [6.07, 6.45) is 0. The van der Waals surface area contributed by atoms with Crippen molar-refractivity contribution in [3.63, 3.8) is 0 Å². The molecule has 1 spiro atoms. The van der Waals surface area contributed by atoms with Gasteiger partial charge in [0.05, 0.1) is 11.1 Å². The fourth-order valence-corrected chi connectivity index (χ4v) is 10.6. The van der Waals surface area contributed by atoms with Crippen molar-refractivity contribution in [2.75, 3.05) is 4.90 Å². The average molecular weight is 750 g/mol. The van der Waals surface area contributed by atoms with Crippen LogP contribution in [0.2, 0.25) is 0 Å². The summed E-state index contributed by atoms with van der Waals surface area (Å²) in [6, 6.07) is 77.9. The smallest absolute Gasteiger partial charge is 0.159 e. The van der Waals surface area contributed by atoms with Crippen LogP contribution < -0.4 is 4.90 Å². The van der Waals surface area contributed by atoms with Crippen LogP contribution in [0, 0.1) is 0 Å². The molecule has 274 valence electrons. The molecule has 1 aromatic heterocycles. The van der Waals surface area contributed by atoms with Gasteiger partial charge in [0.2, 0.25) is 0 Å². The molecule has 0 amide bonds. The van der Waals surface area contributed by atoms with E-state index in [1.165, 1.54) is 77.2 Å². The number of para-hydroxylation sites is 1. The highest BCUT2D eigenvalue weighted by Crippen LogP contribution is 2.63. The molecule has 2 aliphatic carbocycles. The monoisotopic (exact) mass is 749 g/mol. The van der Waals surface area contributed by atoms with Crippen LogP contribution in [0.25, 0.3) is 76.9 Å². The molecule has 0 saturated heterocycles. The maximum Gasteiger partial charge on any atom is 0.159 e. The third-order valence-corrected chi connectivity index (χ3v) is 13.1. The van der Waals surface area contributed by atoms with Gasteiger partial charge in [0.25, 0.3) is 0 Å². The number of hydrogen-bond donors (Lipinski definition) is 0. The summed E-state index contributed by atoms with van der Waals surface area (Å²) in [5, 5.41) is 7.14. The second-order valence-electron chi connectivity index (χ2n) is 15.9. The number of furan rings is 1. The van der Waals surface area contributed by atoms with E-state index in [-0.39, 0.29) is 0 Å². The minimum atomic E-state index is -0.455. The Morgan fingerprint density at radius 1 is 0.356 bits per heavy atom. The summed E-state index contributed by atoms with van der Waals surface area (Å²) in [5.41, 5.74) is 17.3. The summed E-state index contributed by atoms with van der Waals surface area (Å²) in [6.45, 7) is 0. The molecule has 0 saturated carbocycles. The van der Waals surface area contributed by atoms with E-state index in [4.69, 9.17) is 4.42 Å². The lowest BCUT2D eigenvalue weighted by atomic mass is 9.70. The molecule has 2 aliphatic rings. The zero-order chi connectivity index (χ0) is 38.7. The average Bonchev–Trinajstić information content (AvgIpc) is 3.94. The molecule has 0 fully saturated rings. The van der Waals surface area contributed by atoms with Crippen molar-refractivity contribution in [3.05, 3.63) is 235 Å². The molecular weight excluding hydrogens is 715 g/mol. The first-order valence-corrected chi connectivity index (χ1v) is 20.4. The Bertz CT molecular complexity index is 3450. The van der Waals surface area contributed by atoms with Crippen molar-refractivity contribution < 1.29 is 4.42 Å². The Labute approximate surface area is 341 Å². The van der Waals surface area contributed by atoms with Gasteiger partial charge in [-0.3, -0.25) is 0 Å². The van der Waals surface area contributed by atoms with Gasteiger partial charge in [-0.05, 0) is 114 Å². The van der Waals surface area contributed by atoms with E-state index < -0.39 is 5.41 Å². The largest absolute Gasteiger partial charge is 0.454 e. The molecule has 10 aromatic carbocycles. The van der Waals surface area contributed by atoms with Crippen LogP contribution in [0.4, 0.5) is 17.1 Å². The Kier molecular flexibility index (Phi) is 6.68. The van der Waals surface area contributed by atoms with Crippen molar-refractivity contribution in [2.45, 2.75) is 5.41 Å². The molecular formula is C57H35NO. The van der Waals surface area contributed by atoms with Crippen LogP contribution in [0.1, 0.15) is 22.3 Å². The SMILES string of the molecule is c1ccc2c(c1)-c1ccccc1C21c2ccccc2-c2ccc(N(c3ccc(-c4cccc5ccccc45)cc3)c3cccc4c3oc3ccc5ccccc5c34)cc21. The number of nitrogens with zero attached hydrogens (tertiary/aromatic N) is 1. The van der Waals surface area contributed by atoms with Gasteiger partial charge in [0.1, 0.15) is 5.58 Å². The predicted molar refractivity (Wildman–Crippen MR) is 245 cm³/mol. The fraction of sp³-hybridized carbons (Fsp3) is 0.0175. The van der Waals surface area contributed by atoms with Gasteiger partial charge in [-0.15, -0.1) is 0 Å². The summed E-state index contributed by atoms with van der Waals surface area (Å²) in [7, 11) is 0. The molecule has 0 radical (unpaired) electrons. The topological polar surface area (TPSA) is 16.4 Å². The van der Waals surface area contributed by atoms with E-state index in [0.29, 0.717) is 0 Å². The van der Waals surface area contributed by atoms with Gasteiger partial charge in [-0.25, -0.2) is 0 Å². The Hall–Kier alpha value is -7.68. The highest BCUT2D eigenvalue weighted by atomic mass is 16.3. The van der Waals surface area contributed by atoms with Gasteiger partial charge >= 0.3 is 0 Å². The first-order chi connectivity index (χ1) is 29.3. The second kappa shape index (κ2) is 12.2. The lowest BCUT2D eigenvalue weighted by Crippen LogP contribution is -2.26. The summed E-state index contributed by atoms with van der Waals surface area (Å²) >= 11 is 0. The number of fused-ring (bicyclic) bond motifs is 16. The van der Waals surface area contributed by atoms with Crippen molar-refractivity contribution >= 4 is 60.5 Å². The van der Waals surface area contributed by atoms with Crippen LogP contribution in [-0.2, 0) is 5.41 Å². The fourth-order valence-electron chi connectivity index (χ4n) is 10.6. The van der Waals surface area contributed by atoms with Gasteiger partial charge in [-0.2, -0.15) is 0 Å². The molecule has 59 heavy (non-hydrogen) atoms. The van der Waals surface area contributed by atoms with Crippen molar-refractivity contribution in [1.82, 2.24) is 0 Å². The van der Waals surface area contributed by atoms with Crippen LogP contribution >= 0.6 is 0 Å². The maximum atomic E-state index is 6.94. The van der Waals surface area contributed by atoms with Crippen molar-refractivity contribution in [2.24, 2.45) is 0 Å². The van der Waals surface area contributed by atoms with E-state index in [2.05, 4.69) is 217 Å². The summed E-state index contributed by atoms with van der Waals surface area (Å²) < 4.78 is 6.94. The third-order valence-electron chi connectivity index (χ3n) is 13.1. The number of benzene rings is 10. The molecule has 0 unspecified atom stereocenters. The van der Waals surface area contributed by atoms with E-state index in [0.717, 1.165) is 39.0 Å². The number of hydrogen-bond acceptors (Lipinski definition) is 2. The standard InChI is InChI=1S/C57H35NO/c1-3-16-41-36(13-1)15-11-21-42(41)38-27-30-39(31-28-38)58(53-26-12-22-48-55-43-17-4-2-14-37(43)29-34-54(55)59-56(48)53)40-32-33-47-46-20-7-10-25-51(46)57(52(47)35-40)49-23-8-5-18-44(49)45-19-6-9-24-50(45)57/h1-35H. The quantitative estimate of drug-likeness (QED) is 0.178. The zero-order valence-corrected chi connectivity index (χ0v) is 32.1. The van der Waals surface area contributed by atoms with E-state index in [1.54, 1.807) is 0 Å². The third kappa shape index (κ3) is 4.40. The normalized spacial score (nSPS) is 13.2. The number of anilines is 3. The summed E-state index contributed by atoms with van der Waals surface area (Å²) in [4.78, 5) is 2.41. The summed E-state index contributed by atoms with van der Waals surface area (Å²) in [5.74, 6) is 0. The highest BCUT2D eigenvalue weighted by Gasteiger charge is 2.51. The van der Waals surface area contributed by atoms with Gasteiger partial charge < -0.3 is 9.32 Å². The number of rotatable bonds is 4. The van der Waals surface area contributed by atoms with E-state index in [1.807, 2.05) is 0 Å². The molecule has 11 aromatic rings. The molecule has 13 rings (SSSR count). The van der Waals surface area contributed by atoms with Crippen LogP contribution in [-0.4, -0.2) is 0 Å². The highest BCUT2D eigenvalue weighted by molar-refractivity contribution is 6.21. The lowest BCUT2D eigenvalue weighted by molar-refractivity contribution is 0.669. The molecule has 0 N–H and O–H groups in total. The minimum Gasteiger partial charge on any atom is -0.454 e. The van der Waals surface area contributed by atoms with E-state index in [9.17, 15) is 0 Å². The molecule has 1 heterocycles. The van der Waals surface area contributed by atoms with E-state index >= 15 is 0 Å². The van der Waals surface area contributed by atoms with Crippen LogP contribution in [0.5, 0.6) is 0 Å². The zero-order valence-electron chi connectivity index (χ0n) is 32.1.